The molecule has 8 heteroatoms. The van der Waals surface area contributed by atoms with Crippen LogP contribution in [0.25, 0.3) is 0 Å². The third-order valence-electron chi connectivity index (χ3n) is 3.47. The second kappa shape index (κ2) is 7.79. The Morgan fingerprint density at radius 1 is 1.23 bits per heavy atom. The van der Waals surface area contributed by atoms with Crippen molar-refractivity contribution in [3.8, 4) is 11.8 Å². The number of rotatable bonds is 4. The number of halogens is 3. The van der Waals surface area contributed by atoms with Crippen molar-refractivity contribution in [2.45, 2.75) is 31.0 Å². The molecule has 0 aliphatic heterocycles. The highest BCUT2D eigenvalue weighted by Crippen LogP contribution is 2.34. The van der Waals surface area contributed by atoms with Crippen LogP contribution in [0.3, 0.4) is 0 Å². The Labute approximate surface area is 150 Å². The molecule has 0 saturated heterocycles. The molecule has 0 saturated carbocycles. The second-order valence-corrected chi connectivity index (χ2v) is 7.51. The van der Waals surface area contributed by atoms with Gasteiger partial charge in [-0.25, -0.2) is 13.4 Å². The zero-order chi connectivity index (χ0) is 19.4. The lowest BCUT2D eigenvalue weighted by Gasteiger charge is -2.15. The molecule has 4 nitrogen and oxygen atoms in total. The smallest absolute Gasteiger partial charge is 0.365 e. The van der Waals surface area contributed by atoms with E-state index >= 15 is 0 Å². The average Bonchev–Trinajstić information content (AvgIpc) is 2.57. The maximum atomic E-state index is 13.3. The van der Waals surface area contributed by atoms with Gasteiger partial charge in [0, 0.05) is 25.4 Å². The van der Waals surface area contributed by atoms with Crippen molar-refractivity contribution < 1.29 is 21.6 Å². The lowest BCUT2D eigenvalue weighted by atomic mass is 10.1. The van der Waals surface area contributed by atoms with Crippen LogP contribution in [0.5, 0.6) is 0 Å². The zero-order valence-electron chi connectivity index (χ0n) is 14.2. The van der Waals surface area contributed by atoms with Gasteiger partial charge >= 0.3 is 6.18 Å². The summed E-state index contributed by atoms with van der Waals surface area (Å²) < 4.78 is 63.1. The minimum Gasteiger partial charge on any atom is -0.365 e. The van der Waals surface area contributed by atoms with Crippen LogP contribution in [0, 0.1) is 11.8 Å². The number of hydrogen-bond donors (Lipinski definition) is 1. The molecule has 26 heavy (non-hydrogen) atoms. The van der Waals surface area contributed by atoms with Gasteiger partial charge in [-0.2, -0.15) is 13.2 Å². The average molecular weight is 382 g/mol. The summed E-state index contributed by atoms with van der Waals surface area (Å²) in [5.74, 6) is 6.15. The van der Waals surface area contributed by atoms with Gasteiger partial charge in [0.2, 0.25) is 0 Å². The SMILES string of the molecule is CCC#Cc1cccnc1NCc1ccc(S(C)(=O)=O)cc1C(F)(F)F. The number of nitrogens with one attached hydrogen (secondary N) is 1. The summed E-state index contributed by atoms with van der Waals surface area (Å²) in [6, 6.07) is 6.38. The van der Waals surface area contributed by atoms with E-state index in [4.69, 9.17) is 0 Å². The van der Waals surface area contributed by atoms with Gasteiger partial charge in [-0.3, -0.25) is 0 Å². The molecular formula is C18H17F3N2O2S. The van der Waals surface area contributed by atoms with E-state index in [9.17, 15) is 21.6 Å². The molecule has 1 N–H and O–H groups in total. The molecule has 1 heterocycles. The standard InChI is InChI=1S/C18H17F3N2O2S/c1-3-4-6-13-7-5-10-22-17(13)23-12-14-8-9-15(26(2,24)25)11-16(14)18(19,20)21/h5,7-11H,3,12H2,1-2H3,(H,22,23). The van der Waals surface area contributed by atoms with E-state index in [0.29, 0.717) is 23.9 Å². The highest BCUT2D eigenvalue weighted by molar-refractivity contribution is 7.90. The highest BCUT2D eigenvalue weighted by Gasteiger charge is 2.34. The first-order chi connectivity index (χ1) is 12.1. The van der Waals surface area contributed by atoms with E-state index in [1.807, 2.05) is 6.92 Å². The molecule has 0 bridgehead atoms. The summed E-state index contributed by atoms with van der Waals surface area (Å²) in [4.78, 5) is 3.73. The molecule has 2 aromatic rings. The van der Waals surface area contributed by atoms with E-state index in [-0.39, 0.29) is 17.0 Å². The van der Waals surface area contributed by atoms with Crippen molar-refractivity contribution in [2.75, 3.05) is 11.6 Å². The van der Waals surface area contributed by atoms with Crippen LogP contribution in [0.4, 0.5) is 19.0 Å². The fraction of sp³-hybridized carbons (Fsp3) is 0.278. The Morgan fingerprint density at radius 2 is 1.96 bits per heavy atom. The van der Waals surface area contributed by atoms with Gasteiger partial charge in [0.15, 0.2) is 9.84 Å². The van der Waals surface area contributed by atoms with E-state index in [2.05, 4.69) is 22.1 Å². The number of aromatic nitrogens is 1. The molecular weight excluding hydrogens is 365 g/mol. The van der Waals surface area contributed by atoms with E-state index in [0.717, 1.165) is 18.4 Å². The highest BCUT2D eigenvalue weighted by atomic mass is 32.2. The molecule has 0 aliphatic rings. The van der Waals surface area contributed by atoms with Gasteiger partial charge in [-0.15, -0.1) is 0 Å². The summed E-state index contributed by atoms with van der Waals surface area (Å²) in [7, 11) is -3.74. The van der Waals surface area contributed by atoms with Crippen molar-refractivity contribution in [3.63, 3.8) is 0 Å². The molecule has 0 spiro atoms. The van der Waals surface area contributed by atoms with Crippen molar-refractivity contribution in [2.24, 2.45) is 0 Å². The van der Waals surface area contributed by atoms with Crippen LogP contribution in [0.15, 0.2) is 41.4 Å². The van der Waals surface area contributed by atoms with Crippen molar-refractivity contribution >= 4 is 15.7 Å². The predicted octanol–water partition coefficient (Wildman–Crippen LogP) is 3.88. The number of benzene rings is 1. The topological polar surface area (TPSA) is 59.1 Å². The Kier molecular flexibility index (Phi) is 5.93. The van der Waals surface area contributed by atoms with E-state index in [1.54, 1.807) is 12.1 Å². The maximum absolute atomic E-state index is 13.3. The number of sulfone groups is 1. The molecule has 2 rings (SSSR count). The van der Waals surface area contributed by atoms with Crippen molar-refractivity contribution in [3.05, 3.63) is 53.2 Å². The normalized spacial score (nSPS) is 11.6. The third kappa shape index (κ3) is 4.99. The Balaban J connectivity index is 2.36. The van der Waals surface area contributed by atoms with Crippen molar-refractivity contribution in [1.29, 1.82) is 0 Å². The molecule has 0 atom stereocenters. The molecule has 1 aromatic heterocycles. The Hall–Kier alpha value is -2.53. The lowest BCUT2D eigenvalue weighted by molar-refractivity contribution is -0.138. The maximum Gasteiger partial charge on any atom is 0.416 e. The largest absolute Gasteiger partial charge is 0.416 e. The minimum atomic E-state index is -4.67. The van der Waals surface area contributed by atoms with Gasteiger partial charge in [0.1, 0.15) is 5.82 Å². The quantitative estimate of drug-likeness (QED) is 0.816. The summed E-state index contributed by atoms with van der Waals surface area (Å²) in [5, 5.41) is 2.85. The first-order valence-corrected chi connectivity index (χ1v) is 9.60. The van der Waals surface area contributed by atoms with Gasteiger partial charge in [-0.1, -0.05) is 24.8 Å². The molecule has 0 unspecified atom stereocenters. The monoisotopic (exact) mass is 382 g/mol. The number of alkyl halides is 3. The van der Waals surface area contributed by atoms with Gasteiger partial charge in [0.05, 0.1) is 16.0 Å². The van der Waals surface area contributed by atoms with Crippen LogP contribution in [-0.2, 0) is 22.6 Å². The van der Waals surface area contributed by atoms with Crippen LogP contribution in [0.1, 0.15) is 30.0 Å². The molecule has 1 aromatic carbocycles. The van der Waals surface area contributed by atoms with E-state index < -0.39 is 21.6 Å². The van der Waals surface area contributed by atoms with Gasteiger partial charge in [-0.05, 0) is 29.8 Å². The minimum absolute atomic E-state index is 0.0787. The molecule has 0 amide bonds. The van der Waals surface area contributed by atoms with Crippen LogP contribution < -0.4 is 5.32 Å². The summed E-state index contributed by atoms with van der Waals surface area (Å²) in [5.41, 5.74) is -0.495. The molecule has 0 fully saturated rings. The fourth-order valence-electron chi connectivity index (χ4n) is 2.21. The Bertz CT molecular complexity index is 958. The number of anilines is 1. The molecule has 0 aliphatic carbocycles. The zero-order valence-corrected chi connectivity index (χ0v) is 15.0. The first kappa shape index (κ1) is 19.8. The predicted molar refractivity (Wildman–Crippen MR) is 93.3 cm³/mol. The summed E-state index contributed by atoms with van der Waals surface area (Å²) in [6.45, 7) is 1.71. The summed E-state index contributed by atoms with van der Waals surface area (Å²) in [6.07, 6.45) is -1.66. The molecule has 0 radical (unpaired) electrons. The van der Waals surface area contributed by atoms with E-state index in [1.165, 1.54) is 6.20 Å². The van der Waals surface area contributed by atoms with Crippen LogP contribution in [-0.4, -0.2) is 19.7 Å². The molecule has 138 valence electrons. The first-order valence-electron chi connectivity index (χ1n) is 7.71. The van der Waals surface area contributed by atoms with Crippen LogP contribution >= 0.6 is 0 Å². The third-order valence-corrected chi connectivity index (χ3v) is 4.58. The second-order valence-electron chi connectivity index (χ2n) is 5.50. The van der Waals surface area contributed by atoms with Crippen molar-refractivity contribution in [1.82, 2.24) is 4.98 Å². The lowest BCUT2D eigenvalue weighted by Crippen LogP contribution is -2.14. The number of hydrogen-bond acceptors (Lipinski definition) is 4. The number of nitrogens with zero attached hydrogens (tertiary/aromatic N) is 1. The van der Waals surface area contributed by atoms with Crippen LogP contribution in [0.2, 0.25) is 0 Å². The van der Waals surface area contributed by atoms with Gasteiger partial charge < -0.3 is 5.32 Å². The number of pyridine rings is 1. The summed E-state index contributed by atoms with van der Waals surface area (Å²) >= 11 is 0. The Morgan fingerprint density at radius 3 is 2.58 bits per heavy atom. The van der Waals surface area contributed by atoms with Gasteiger partial charge in [0.25, 0.3) is 0 Å². The fourth-order valence-corrected chi connectivity index (χ4v) is 2.86.